The topological polar surface area (TPSA) is 108 Å². The lowest BCUT2D eigenvalue weighted by atomic mass is 10.1. The first kappa shape index (κ1) is 14.1. The largest absolute Gasteiger partial charge is 0.351 e. The van der Waals surface area contributed by atoms with Gasteiger partial charge in [0, 0.05) is 16.9 Å². The van der Waals surface area contributed by atoms with E-state index < -0.39 is 6.03 Å². The highest BCUT2D eigenvalue weighted by Gasteiger charge is 2.07. The van der Waals surface area contributed by atoms with Gasteiger partial charge in [-0.05, 0) is 36.4 Å². The third-order valence-corrected chi connectivity index (χ3v) is 2.64. The number of hydrogen-bond donors (Lipinski definition) is 3. The summed E-state index contributed by atoms with van der Waals surface area (Å²) in [5.41, 5.74) is 6.80. The second-order valence-electron chi connectivity index (χ2n) is 4.22. The number of nitrogens with zero attached hydrogens (tertiary/aromatic N) is 1. The molecule has 0 heterocycles. The number of primary amides is 1. The zero-order valence-corrected chi connectivity index (χ0v) is 11.0. The molecule has 2 aromatic carbocycles. The van der Waals surface area contributed by atoms with E-state index in [0.717, 1.165) is 0 Å². The summed E-state index contributed by atoms with van der Waals surface area (Å²) in [6.07, 6.45) is 0. The van der Waals surface area contributed by atoms with E-state index in [9.17, 15) is 9.59 Å². The number of amides is 3. The molecule has 2 aromatic rings. The molecule has 104 valence electrons. The molecule has 0 aliphatic rings. The maximum Gasteiger partial charge on any atom is 0.316 e. The Morgan fingerprint density at radius 3 is 2.33 bits per heavy atom. The van der Waals surface area contributed by atoms with Gasteiger partial charge in [0.15, 0.2) is 0 Å². The third kappa shape index (κ3) is 3.81. The monoisotopic (exact) mass is 280 g/mol. The molecule has 0 unspecified atom stereocenters. The number of urea groups is 1. The molecule has 6 heteroatoms. The van der Waals surface area contributed by atoms with Crippen LogP contribution in [0.3, 0.4) is 0 Å². The van der Waals surface area contributed by atoms with Gasteiger partial charge in [-0.15, -0.1) is 0 Å². The molecular formula is C15H12N4O2. The molecule has 0 spiro atoms. The lowest BCUT2D eigenvalue weighted by molar-refractivity contribution is 0.102. The van der Waals surface area contributed by atoms with Crippen LogP contribution in [-0.4, -0.2) is 11.9 Å². The van der Waals surface area contributed by atoms with Crippen LogP contribution in [0, 0.1) is 11.3 Å². The van der Waals surface area contributed by atoms with Crippen molar-refractivity contribution in [3.05, 3.63) is 59.7 Å². The van der Waals surface area contributed by atoms with Crippen molar-refractivity contribution in [1.82, 2.24) is 0 Å². The van der Waals surface area contributed by atoms with Gasteiger partial charge in [-0.3, -0.25) is 4.79 Å². The number of carbonyl (C=O) groups is 2. The molecule has 4 N–H and O–H groups in total. The zero-order valence-electron chi connectivity index (χ0n) is 11.0. The van der Waals surface area contributed by atoms with Crippen LogP contribution in [0.2, 0.25) is 0 Å². The Bertz CT molecular complexity index is 734. The highest BCUT2D eigenvalue weighted by Crippen LogP contribution is 2.14. The van der Waals surface area contributed by atoms with Crippen molar-refractivity contribution in [1.29, 1.82) is 5.26 Å². The molecule has 2 rings (SSSR count). The second kappa shape index (κ2) is 6.21. The first-order valence-electron chi connectivity index (χ1n) is 6.06. The number of hydrogen-bond acceptors (Lipinski definition) is 3. The van der Waals surface area contributed by atoms with Crippen LogP contribution >= 0.6 is 0 Å². The highest BCUT2D eigenvalue weighted by molar-refractivity contribution is 6.05. The molecule has 0 aliphatic heterocycles. The van der Waals surface area contributed by atoms with Crippen LogP contribution in [0.5, 0.6) is 0 Å². The number of carbonyl (C=O) groups excluding carboxylic acids is 2. The van der Waals surface area contributed by atoms with E-state index in [4.69, 9.17) is 11.0 Å². The van der Waals surface area contributed by atoms with Gasteiger partial charge < -0.3 is 16.4 Å². The molecule has 0 radical (unpaired) electrons. The fourth-order valence-corrected chi connectivity index (χ4v) is 1.75. The minimum atomic E-state index is -0.700. The van der Waals surface area contributed by atoms with Crippen molar-refractivity contribution < 1.29 is 9.59 Å². The van der Waals surface area contributed by atoms with Crippen molar-refractivity contribution >= 4 is 23.3 Å². The van der Waals surface area contributed by atoms with Gasteiger partial charge in [-0.1, -0.05) is 12.1 Å². The van der Waals surface area contributed by atoms with Gasteiger partial charge in [0.05, 0.1) is 11.6 Å². The van der Waals surface area contributed by atoms with Crippen LogP contribution in [0.4, 0.5) is 16.2 Å². The van der Waals surface area contributed by atoms with Gasteiger partial charge in [0.1, 0.15) is 0 Å². The summed E-state index contributed by atoms with van der Waals surface area (Å²) in [5, 5.41) is 13.9. The first-order chi connectivity index (χ1) is 10.1. The summed E-state index contributed by atoms with van der Waals surface area (Å²) in [7, 11) is 0. The SMILES string of the molecule is N#Cc1cccc(NC(=O)c2cccc(NC(N)=O)c2)c1. The summed E-state index contributed by atoms with van der Waals surface area (Å²) in [5.74, 6) is -0.349. The van der Waals surface area contributed by atoms with E-state index in [2.05, 4.69) is 10.6 Å². The molecule has 0 saturated carbocycles. The fraction of sp³-hybridized carbons (Fsp3) is 0. The fourth-order valence-electron chi connectivity index (χ4n) is 1.75. The molecule has 0 bridgehead atoms. The first-order valence-corrected chi connectivity index (χ1v) is 6.06. The number of nitrogens with two attached hydrogens (primary N) is 1. The normalized spacial score (nSPS) is 9.48. The van der Waals surface area contributed by atoms with Gasteiger partial charge in [-0.25, -0.2) is 4.79 Å². The molecule has 0 fully saturated rings. The summed E-state index contributed by atoms with van der Waals surface area (Å²) >= 11 is 0. The predicted molar refractivity (Wildman–Crippen MR) is 78.8 cm³/mol. The predicted octanol–water partition coefficient (Wildman–Crippen LogP) is 2.30. The Labute approximate surface area is 121 Å². The second-order valence-corrected chi connectivity index (χ2v) is 4.22. The standard InChI is InChI=1S/C15H12N4O2/c16-9-10-3-1-5-12(7-10)18-14(20)11-4-2-6-13(8-11)19-15(17)21/h1-8H,(H,18,20)(H3,17,19,21). The van der Waals surface area contributed by atoms with Crippen molar-refractivity contribution in [2.45, 2.75) is 0 Å². The number of benzene rings is 2. The minimum absolute atomic E-state index is 0.349. The smallest absolute Gasteiger partial charge is 0.316 e. The van der Waals surface area contributed by atoms with Gasteiger partial charge in [0.25, 0.3) is 5.91 Å². The molecular weight excluding hydrogens is 268 g/mol. The summed E-state index contributed by atoms with van der Waals surface area (Å²) < 4.78 is 0. The summed E-state index contributed by atoms with van der Waals surface area (Å²) in [4.78, 5) is 22.9. The molecule has 0 aliphatic carbocycles. The van der Waals surface area contributed by atoms with Crippen molar-refractivity contribution in [3.8, 4) is 6.07 Å². The summed E-state index contributed by atoms with van der Waals surface area (Å²) in [6, 6.07) is 14.3. The van der Waals surface area contributed by atoms with Crippen LogP contribution in [0.15, 0.2) is 48.5 Å². The van der Waals surface area contributed by atoms with E-state index >= 15 is 0 Å². The van der Waals surface area contributed by atoms with Crippen LogP contribution in [0.25, 0.3) is 0 Å². The third-order valence-electron chi connectivity index (χ3n) is 2.64. The Hall–Kier alpha value is -3.33. The number of rotatable bonds is 3. The highest BCUT2D eigenvalue weighted by atomic mass is 16.2. The van der Waals surface area contributed by atoms with E-state index in [-0.39, 0.29) is 5.91 Å². The van der Waals surface area contributed by atoms with Crippen molar-refractivity contribution in [2.24, 2.45) is 5.73 Å². The van der Waals surface area contributed by atoms with Gasteiger partial charge in [-0.2, -0.15) is 5.26 Å². The Balaban J connectivity index is 2.16. The van der Waals surface area contributed by atoms with E-state index in [1.165, 1.54) is 6.07 Å². The quantitative estimate of drug-likeness (QED) is 0.802. The number of nitrogens with one attached hydrogen (secondary N) is 2. The summed E-state index contributed by atoms with van der Waals surface area (Å²) in [6.45, 7) is 0. The van der Waals surface area contributed by atoms with Crippen LogP contribution < -0.4 is 16.4 Å². The van der Waals surface area contributed by atoms with Gasteiger partial charge in [0.2, 0.25) is 0 Å². The lowest BCUT2D eigenvalue weighted by Crippen LogP contribution is -2.19. The maximum absolute atomic E-state index is 12.1. The van der Waals surface area contributed by atoms with E-state index in [1.807, 2.05) is 6.07 Å². The van der Waals surface area contributed by atoms with E-state index in [0.29, 0.717) is 22.5 Å². The number of nitriles is 1. The molecule has 0 saturated heterocycles. The Kier molecular flexibility index (Phi) is 4.17. The van der Waals surface area contributed by atoms with Crippen LogP contribution in [-0.2, 0) is 0 Å². The average molecular weight is 280 g/mol. The Morgan fingerprint density at radius 1 is 1.00 bits per heavy atom. The Morgan fingerprint density at radius 2 is 1.67 bits per heavy atom. The molecule has 0 atom stereocenters. The molecule has 3 amide bonds. The maximum atomic E-state index is 12.1. The van der Waals surface area contributed by atoms with Crippen molar-refractivity contribution in [3.63, 3.8) is 0 Å². The van der Waals surface area contributed by atoms with E-state index in [1.54, 1.807) is 42.5 Å². The van der Waals surface area contributed by atoms with Crippen molar-refractivity contribution in [2.75, 3.05) is 10.6 Å². The van der Waals surface area contributed by atoms with Crippen LogP contribution in [0.1, 0.15) is 15.9 Å². The zero-order chi connectivity index (χ0) is 15.2. The molecule has 21 heavy (non-hydrogen) atoms. The average Bonchev–Trinajstić information content (AvgIpc) is 2.47. The minimum Gasteiger partial charge on any atom is -0.351 e. The van der Waals surface area contributed by atoms with Gasteiger partial charge >= 0.3 is 6.03 Å². The number of anilines is 2. The molecule has 0 aromatic heterocycles. The molecule has 6 nitrogen and oxygen atoms in total. The lowest BCUT2D eigenvalue weighted by Gasteiger charge is -2.07.